The summed E-state index contributed by atoms with van der Waals surface area (Å²) in [5, 5.41) is 9.55. The zero-order chi connectivity index (χ0) is 17.9. The molecule has 0 spiro atoms. The summed E-state index contributed by atoms with van der Waals surface area (Å²) in [6.45, 7) is 1.13. The van der Waals surface area contributed by atoms with Gasteiger partial charge in [-0.05, 0) is 36.4 Å². The Labute approximate surface area is 155 Å². The van der Waals surface area contributed by atoms with Crippen LogP contribution in [0.1, 0.15) is 32.9 Å². The third-order valence-electron chi connectivity index (χ3n) is 4.67. The largest absolute Gasteiger partial charge is 0.338 e. The van der Waals surface area contributed by atoms with Gasteiger partial charge in [0.05, 0.1) is 16.1 Å². The molecule has 0 bridgehead atoms. The molecule has 1 atom stereocenters. The predicted molar refractivity (Wildman–Crippen MR) is 98.6 cm³/mol. The van der Waals surface area contributed by atoms with Gasteiger partial charge in [0.25, 0.3) is 5.91 Å². The van der Waals surface area contributed by atoms with Crippen molar-refractivity contribution in [2.45, 2.75) is 12.8 Å². The molecule has 0 unspecified atom stereocenters. The molecule has 1 fully saturated rings. The number of rotatable bonds is 4. The summed E-state index contributed by atoms with van der Waals surface area (Å²) in [6.07, 6.45) is 4.81. The van der Waals surface area contributed by atoms with E-state index in [9.17, 15) is 9.59 Å². The van der Waals surface area contributed by atoms with Gasteiger partial charge in [-0.3, -0.25) is 14.2 Å². The molecule has 26 heavy (non-hydrogen) atoms. The fraction of sp³-hybridized carbons (Fsp3) is 0.263. The number of hydrogen-bond donors (Lipinski definition) is 0. The van der Waals surface area contributed by atoms with Crippen molar-refractivity contribution in [1.82, 2.24) is 19.7 Å². The molecule has 3 heterocycles. The van der Waals surface area contributed by atoms with E-state index in [4.69, 9.17) is 0 Å². The van der Waals surface area contributed by atoms with Crippen molar-refractivity contribution in [1.29, 1.82) is 0 Å². The topological polar surface area (TPSA) is 68.1 Å². The van der Waals surface area contributed by atoms with Crippen LogP contribution in [0.2, 0.25) is 0 Å². The maximum Gasteiger partial charge on any atom is 0.256 e. The van der Waals surface area contributed by atoms with Gasteiger partial charge in [-0.1, -0.05) is 18.2 Å². The fourth-order valence-corrected chi connectivity index (χ4v) is 4.11. The van der Waals surface area contributed by atoms with Crippen molar-refractivity contribution < 1.29 is 9.59 Å². The number of piperidine rings is 1. The number of carbonyl (C=O) groups excluding carboxylic acids is 2. The van der Waals surface area contributed by atoms with Crippen LogP contribution in [-0.4, -0.2) is 44.4 Å². The summed E-state index contributed by atoms with van der Waals surface area (Å²) in [5.41, 5.74) is 1.34. The van der Waals surface area contributed by atoms with Gasteiger partial charge in [0.15, 0.2) is 5.78 Å². The number of amides is 1. The summed E-state index contributed by atoms with van der Waals surface area (Å²) in [7, 11) is 0. The quantitative estimate of drug-likeness (QED) is 0.666. The van der Waals surface area contributed by atoms with Crippen LogP contribution in [-0.2, 0) is 0 Å². The highest BCUT2D eigenvalue weighted by atomic mass is 32.1. The van der Waals surface area contributed by atoms with Crippen molar-refractivity contribution in [3.05, 3.63) is 64.9 Å². The molecule has 1 aliphatic rings. The number of likely N-dealkylation sites (tertiary alicyclic amines) is 1. The van der Waals surface area contributed by atoms with Crippen molar-refractivity contribution in [2.75, 3.05) is 13.1 Å². The molecule has 0 aliphatic carbocycles. The minimum absolute atomic E-state index is 0.0574. The predicted octanol–water partition coefficient (Wildman–Crippen LogP) is 3.06. The van der Waals surface area contributed by atoms with Gasteiger partial charge >= 0.3 is 0 Å². The Bertz CT molecular complexity index is 906. The number of thiophene rings is 1. The van der Waals surface area contributed by atoms with Gasteiger partial charge in [-0.25, -0.2) is 0 Å². The van der Waals surface area contributed by atoms with Gasteiger partial charge < -0.3 is 4.90 Å². The van der Waals surface area contributed by atoms with Crippen molar-refractivity contribution in [3.8, 4) is 5.69 Å². The van der Waals surface area contributed by atoms with Gasteiger partial charge in [-0.15, -0.1) is 21.5 Å². The number of para-hydroxylation sites is 1. The van der Waals surface area contributed by atoms with E-state index in [0.717, 1.165) is 23.4 Å². The number of nitrogens with zero attached hydrogens (tertiary/aromatic N) is 4. The molecule has 1 aromatic carbocycles. The lowest BCUT2D eigenvalue weighted by atomic mass is 9.92. The second-order valence-electron chi connectivity index (χ2n) is 6.32. The molecule has 4 rings (SSSR count). The highest BCUT2D eigenvalue weighted by Crippen LogP contribution is 2.25. The van der Waals surface area contributed by atoms with Crippen molar-refractivity contribution in [2.24, 2.45) is 5.92 Å². The van der Waals surface area contributed by atoms with E-state index < -0.39 is 0 Å². The Morgan fingerprint density at radius 2 is 1.88 bits per heavy atom. The van der Waals surface area contributed by atoms with E-state index >= 15 is 0 Å². The summed E-state index contributed by atoms with van der Waals surface area (Å²) >= 11 is 1.46. The first-order valence-corrected chi connectivity index (χ1v) is 9.43. The van der Waals surface area contributed by atoms with Gasteiger partial charge in [0.1, 0.15) is 12.7 Å². The zero-order valence-electron chi connectivity index (χ0n) is 14.1. The summed E-state index contributed by atoms with van der Waals surface area (Å²) < 4.78 is 1.73. The highest BCUT2D eigenvalue weighted by Gasteiger charge is 2.30. The molecule has 1 aliphatic heterocycles. The smallest absolute Gasteiger partial charge is 0.256 e. The molecule has 3 aromatic rings. The number of Topliss-reactive ketones (excluding diaryl/α,β-unsaturated/α-hetero) is 1. The SMILES string of the molecule is O=C(c1cccs1)[C@H]1CCCN(C(=O)c2ccccc2-n2cnnc2)C1. The Kier molecular flexibility index (Phi) is 4.62. The maximum atomic E-state index is 13.1. The third-order valence-corrected chi connectivity index (χ3v) is 5.56. The Balaban J connectivity index is 1.56. The standard InChI is InChI=1S/C19H18N4O2S/c24-18(17-8-4-10-26-17)14-5-3-9-22(11-14)19(25)15-6-1-2-7-16(15)23-12-20-21-13-23/h1-2,4,6-8,10,12-14H,3,5,9,11H2/t14-/m0/s1. The first-order valence-electron chi connectivity index (χ1n) is 8.55. The van der Waals surface area contributed by atoms with Gasteiger partial charge in [-0.2, -0.15) is 0 Å². The molecule has 6 nitrogen and oxygen atoms in total. The number of ketones is 1. The van der Waals surface area contributed by atoms with Crippen LogP contribution in [0, 0.1) is 5.92 Å². The van der Waals surface area contributed by atoms with E-state index in [-0.39, 0.29) is 17.6 Å². The van der Waals surface area contributed by atoms with E-state index in [1.165, 1.54) is 11.3 Å². The van der Waals surface area contributed by atoms with E-state index in [0.29, 0.717) is 18.7 Å². The van der Waals surface area contributed by atoms with Crippen LogP contribution in [0.3, 0.4) is 0 Å². The molecular formula is C19H18N4O2S. The molecule has 0 radical (unpaired) electrons. The van der Waals surface area contributed by atoms with Crippen LogP contribution in [0.15, 0.2) is 54.4 Å². The molecular weight excluding hydrogens is 348 g/mol. The lowest BCUT2D eigenvalue weighted by Crippen LogP contribution is -2.42. The molecule has 1 saturated heterocycles. The van der Waals surface area contributed by atoms with E-state index in [1.54, 1.807) is 22.1 Å². The molecule has 7 heteroatoms. The summed E-state index contributed by atoms with van der Waals surface area (Å²) in [6, 6.07) is 11.1. The van der Waals surface area contributed by atoms with E-state index in [2.05, 4.69) is 10.2 Å². The van der Waals surface area contributed by atoms with Crippen LogP contribution < -0.4 is 0 Å². The molecule has 0 saturated carbocycles. The molecule has 132 valence electrons. The highest BCUT2D eigenvalue weighted by molar-refractivity contribution is 7.12. The normalized spacial score (nSPS) is 17.2. The van der Waals surface area contributed by atoms with Gasteiger partial charge in [0.2, 0.25) is 0 Å². The van der Waals surface area contributed by atoms with Crippen LogP contribution in [0.4, 0.5) is 0 Å². The number of benzene rings is 1. The summed E-state index contributed by atoms with van der Waals surface area (Å²) in [4.78, 5) is 28.4. The van der Waals surface area contributed by atoms with Crippen LogP contribution in [0.5, 0.6) is 0 Å². The lowest BCUT2D eigenvalue weighted by molar-refractivity contribution is 0.0638. The van der Waals surface area contributed by atoms with Crippen LogP contribution in [0.25, 0.3) is 5.69 Å². The van der Waals surface area contributed by atoms with Crippen molar-refractivity contribution >= 4 is 23.0 Å². The summed E-state index contributed by atoms with van der Waals surface area (Å²) in [5.74, 6) is -0.0454. The average Bonchev–Trinajstić information content (AvgIpc) is 3.41. The fourth-order valence-electron chi connectivity index (χ4n) is 3.37. The van der Waals surface area contributed by atoms with E-state index in [1.807, 2.05) is 41.8 Å². The third kappa shape index (κ3) is 3.17. The Morgan fingerprint density at radius 3 is 2.65 bits per heavy atom. The lowest BCUT2D eigenvalue weighted by Gasteiger charge is -2.32. The minimum Gasteiger partial charge on any atom is -0.338 e. The maximum absolute atomic E-state index is 13.1. The minimum atomic E-state index is -0.131. The number of aromatic nitrogens is 3. The Hall–Kier alpha value is -2.80. The first-order chi connectivity index (χ1) is 12.7. The Morgan fingerprint density at radius 1 is 1.08 bits per heavy atom. The zero-order valence-corrected chi connectivity index (χ0v) is 14.9. The molecule has 1 amide bonds. The second-order valence-corrected chi connectivity index (χ2v) is 7.27. The molecule has 2 aromatic heterocycles. The van der Waals surface area contributed by atoms with Crippen molar-refractivity contribution in [3.63, 3.8) is 0 Å². The second kappa shape index (κ2) is 7.21. The van der Waals surface area contributed by atoms with Gasteiger partial charge in [0, 0.05) is 19.0 Å². The first kappa shape index (κ1) is 16.7. The van der Waals surface area contributed by atoms with Crippen LogP contribution >= 0.6 is 11.3 Å². The number of hydrogen-bond acceptors (Lipinski definition) is 5. The molecule has 0 N–H and O–H groups in total. The monoisotopic (exact) mass is 366 g/mol. The average molecular weight is 366 g/mol. The number of carbonyl (C=O) groups is 2.